The van der Waals surface area contributed by atoms with Crippen LogP contribution in [-0.2, 0) is 13.0 Å². The molecule has 0 spiro atoms. The maximum atomic E-state index is 5.98. The van der Waals surface area contributed by atoms with Crippen LogP contribution in [0.5, 0.6) is 5.88 Å². The second kappa shape index (κ2) is 6.97. The zero-order chi connectivity index (χ0) is 17.2. The maximum Gasteiger partial charge on any atom is 0.237 e. The van der Waals surface area contributed by atoms with Crippen molar-refractivity contribution in [3.05, 3.63) is 28.8 Å². The topological polar surface area (TPSA) is 88.1 Å². The van der Waals surface area contributed by atoms with E-state index in [-0.39, 0.29) is 6.04 Å². The molecule has 25 heavy (non-hydrogen) atoms. The Balaban J connectivity index is 1.47. The molecule has 4 rings (SSSR count). The minimum absolute atomic E-state index is 0.248. The molecule has 2 N–H and O–H groups in total. The predicted octanol–water partition coefficient (Wildman–Crippen LogP) is 1.27. The fourth-order valence-corrected chi connectivity index (χ4v) is 3.52. The highest BCUT2D eigenvalue weighted by Gasteiger charge is 2.27. The molecule has 1 fully saturated rings. The van der Waals surface area contributed by atoms with Crippen molar-refractivity contribution in [2.24, 2.45) is 0 Å². The van der Waals surface area contributed by atoms with Crippen LogP contribution in [0.2, 0.25) is 5.02 Å². The molecule has 132 valence electrons. The summed E-state index contributed by atoms with van der Waals surface area (Å²) in [5, 5.41) is 7.12. The van der Waals surface area contributed by atoms with Crippen molar-refractivity contribution in [3.63, 3.8) is 0 Å². The molecule has 9 heteroatoms. The van der Waals surface area contributed by atoms with Gasteiger partial charge in [0.25, 0.3) is 0 Å². The van der Waals surface area contributed by atoms with Crippen LogP contribution in [0.15, 0.2) is 12.5 Å². The van der Waals surface area contributed by atoms with Gasteiger partial charge in [-0.2, -0.15) is 4.98 Å². The molecule has 0 amide bonds. The van der Waals surface area contributed by atoms with Gasteiger partial charge in [-0.05, 0) is 19.4 Å². The van der Waals surface area contributed by atoms with E-state index in [1.807, 2.05) is 0 Å². The molecule has 1 saturated heterocycles. The Labute approximate surface area is 151 Å². The average Bonchev–Trinajstić information content (AvgIpc) is 3.11. The van der Waals surface area contributed by atoms with E-state index in [9.17, 15) is 0 Å². The van der Waals surface area contributed by atoms with Crippen molar-refractivity contribution in [3.8, 4) is 5.88 Å². The molecule has 2 aliphatic rings. The fourth-order valence-electron chi connectivity index (χ4n) is 3.36. The van der Waals surface area contributed by atoms with E-state index in [2.05, 4.69) is 35.5 Å². The van der Waals surface area contributed by atoms with Crippen LogP contribution < -0.4 is 20.3 Å². The minimum Gasteiger partial charge on any atom is -0.480 e. The summed E-state index contributed by atoms with van der Waals surface area (Å²) in [4.78, 5) is 19.8. The summed E-state index contributed by atoms with van der Waals surface area (Å²) in [6.45, 7) is 3.59. The summed E-state index contributed by atoms with van der Waals surface area (Å²) in [5.41, 5.74) is 2.38. The van der Waals surface area contributed by atoms with Crippen molar-refractivity contribution in [1.82, 2.24) is 25.3 Å². The SMILES string of the molecule is COc1nc(N[C@@H]2CCN(c3ncnc4c3CCNC4)C2)ncc1Cl. The van der Waals surface area contributed by atoms with Crippen molar-refractivity contribution in [1.29, 1.82) is 0 Å². The Bertz CT molecular complexity index is 772. The molecule has 1 atom stereocenters. The van der Waals surface area contributed by atoms with E-state index in [1.165, 1.54) is 5.56 Å². The van der Waals surface area contributed by atoms with Crippen LogP contribution in [-0.4, -0.2) is 52.7 Å². The molecule has 2 aliphatic heterocycles. The van der Waals surface area contributed by atoms with Gasteiger partial charge in [0.15, 0.2) is 0 Å². The number of rotatable bonds is 4. The van der Waals surface area contributed by atoms with Gasteiger partial charge in [-0.15, -0.1) is 0 Å². The highest BCUT2D eigenvalue weighted by Crippen LogP contribution is 2.27. The van der Waals surface area contributed by atoms with Gasteiger partial charge in [0.05, 0.1) is 19.0 Å². The number of hydrogen-bond donors (Lipinski definition) is 2. The zero-order valence-corrected chi connectivity index (χ0v) is 14.8. The number of aromatic nitrogens is 4. The van der Waals surface area contributed by atoms with Gasteiger partial charge in [0, 0.05) is 31.2 Å². The highest BCUT2D eigenvalue weighted by atomic mass is 35.5. The zero-order valence-electron chi connectivity index (χ0n) is 14.0. The first-order valence-corrected chi connectivity index (χ1v) is 8.74. The molecule has 0 radical (unpaired) electrons. The summed E-state index contributed by atoms with van der Waals surface area (Å²) in [7, 11) is 1.54. The fraction of sp³-hybridized carbons (Fsp3) is 0.500. The summed E-state index contributed by atoms with van der Waals surface area (Å²) in [6.07, 6.45) is 5.17. The van der Waals surface area contributed by atoms with Crippen molar-refractivity contribution in [2.75, 3.05) is 37.0 Å². The van der Waals surface area contributed by atoms with E-state index in [0.29, 0.717) is 16.9 Å². The molecule has 2 aromatic heterocycles. The van der Waals surface area contributed by atoms with Crippen LogP contribution in [0.4, 0.5) is 11.8 Å². The Kier molecular flexibility index (Phi) is 4.54. The number of fused-ring (bicyclic) bond motifs is 1. The lowest BCUT2D eigenvalue weighted by molar-refractivity contribution is 0.397. The summed E-state index contributed by atoms with van der Waals surface area (Å²) >= 11 is 5.98. The predicted molar refractivity (Wildman–Crippen MR) is 95.3 cm³/mol. The van der Waals surface area contributed by atoms with Crippen molar-refractivity contribution in [2.45, 2.75) is 25.4 Å². The molecule has 0 aliphatic carbocycles. The first-order valence-electron chi connectivity index (χ1n) is 8.36. The number of nitrogens with one attached hydrogen (secondary N) is 2. The molecular weight excluding hydrogens is 342 g/mol. The van der Waals surface area contributed by atoms with Gasteiger partial charge in [-0.3, -0.25) is 0 Å². The summed E-state index contributed by atoms with van der Waals surface area (Å²) < 4.78 is 5.15. The summed E-state index contributed by atoms with van der Waals surface area (Å²) in [6, 6.07) is 0.248. The van der Waals surface area contributed by atoms with E-state index in [4.69, 9.17) is 16.3 Å². The number of anilines is 2. The largest absolute Gasteiger partial charge is 0.480 e. The first kappa shape index (κ1) is 16.3. The highest BCUT2D eigenvalue weighted by molar-refractivity contribution is 6.31. The third kappa shape index (κ3) is 3.32. The van der Waals surface area contributed by atoms with Crippen molar-refractivity contribution < 1.29 is 4.74 Å². The molecule has 0 unspecified atom stereocenters. The second-order valence-electron chi connectivity index (χ2n) is 6.18. The lowest BCUT2D eigenvalue weighted by atomic mass is 10.1. The number of ether oxygens (including phenoxy) is 1. The second-order valence-corrected chi connectivity index (χ2v) is 6.58. The quantitative estimate of drug-likeness (QED) is 0.841. The van der Waals surface area contributed by atoms with E-state index >= 15 is 0 Å². The lowest BCUT2D eigenvalue weighted by Gasteiger charge is -2.24. The Hall–Kier alpha value is -2.19. The van der Waals surface area contributed by atoms with Crippen molar-refractivity contribution >= 4 is 23.4 Å². The normalized spacial score (nSPS) is 19.6. The van der Waals surface area contributed by atoms with Crippen LogP contribution in [0.25, 0.3) is 0 Å². The molecule has 2 aromatic rings. The van der Waals surface area contributed by atoms with Crippen LogP contribution in [0.1, 0.15) is 17.7 Å². The van der Waals surface area contributed by atoms with Gasteiger partial charge in [-0.25, -0.2) is 15.0 Å². The minimum atomic E-state index is 0.248. The molecular formula is C16H20ClN7O. The maximum absolute atomic E-state index is 5.98. The van der Waals surface area contributed by atoms with Gasteiger partial charge < -0.3 is 20.3 Å². The lowest BCUT2D eigenvalue weighted by Crippen LogP contribution is -2.31. The van der Waals surface area contributed by atoms with Gasteiger partial charge in [-0.1, -0.05) is 11.6 Å². The number of hydrogen-bond acceptors (Lipinski definition) is 8. The summed E-state index contributed by atoms with van der Waals surface area (Å²) in [5.74, 6) is 1.97. The Morgan fingerprint density at radius 1 is 1.36 bits per heavy atom. The standard InChI is InChI=1S/C16H20ClN7O/c1-25-15-12(17)6-19-16(23-15)22-10-3-5-24(8-10)14-11-2-4-18-7-13(11)20-9-21-14/h6,9-10,18H,2-5,7-8H2,1H3,(H,19,22,23)/t10-/m1/s1. The van der Waals surface area contributed by atoms with Crippen LogP contribution >= 0.6 is 11.6 Å². The van der Waals surface area contributed by atoms with Gasteiger partial charge in [0.2, 0.25) is 11.8 Å². The molecule has 8 nitrogen and oxygen atoms in total. The molecule has 0 saturated carbocycles. The van der Waals surface area contributed by atoms with Gasteiger partial charge in [0.1, 0.15) is 17.2 Å². The van der Waals surface area contributed by atoms with E-state index < -0.39 is 0 Å². The van der Waals surface area contributed by atoms with E-state index in [1.54, 1.807) is 19.6 Å². The third-order valence-corrected chi connectivity index (χ3v) is 4.84. The number of halogens is 1. The average molecular weight is 362 g/mol. The Morgan fingerprint density at radius 3 is 3.16 bits per heavy atom. The van der Waals surface area contributed by atoms with Crippen LogP contribution in [0, 0.1) is 0 Å². The molecule has 0 aromatic carbocycles. The third-order valence-electron chi connectivity index (χ3n) is 4.58. The Morgan fingerprint density at radius 2 is 2.28 bits per heavy atom. The first-order chi connectivity index (χ1) is 12.2. The number of methoxy groups -OCH3 is 1. The molecule has 0 bridgehead atoms. The number of nitrogens with zero attached hydrogens (tertiary/aromatic N) is 5. The smallest absolute Gasteiger partial charge is 0.237 e. The molecule has 4 heterocycles. The van der Waals surface area contributed by atoms with Crippen LogP contribution in [0.3, 0.4) is 0 Å². The van der Waals surface area contributed by atoms with E-state index in [0.717, 1.165) is 50.5 Å². The monoisotopic (exact) mass is 361 g/mol. The van der Waals surface area contributed by atoms with Gasteiger partial charge >= 0.3 is 0 Å².